The minimum absolute atomic E-state index is 0.153. The van der Waals surface area contributed by atoms with Crippen molar-refractivity contribution in [1.29, 1.82) is 0 Å². The van der Waals surface area contributed by atoms with E-state index in [-0.39, 0.29) is 18.7 Å². The van der Waals surface area contributed by atoms with E-state index in [4.69, 9.17) is 17.0 Å². The summed E-state index contributed by atoms with van der Waals surface area (Å²) < 4.78 is 9.44. The molecule has 0 saturated heterocycles. The van der Waals surface area contributed by atoms with Crippen molar-refractivity contribution < 1.29 is 9.53 Å². The molecule has 0 aliphatic heterocycles. The summed E-state index contributed by atoms with van der Waals surface area (Å²) in [7, 11) is 0. The van der Waals surface area contributed by atoms with Crippen LogP contribution in [-0.2, 0) is 22.7 Å². The molecule has 0 aliphatic carbocycles. The van der Waals surface area contributed by atoms with E-state index in [0.29, 0.717) is 15.0 Å². The Kier molecular flexibility index (Phi) is 5.43. The van der Waals surface area contributed by atoms with Crippen LogP contribution in [0, 0.1) is 3.95 Å². The number of para-hydroxylation sites is 1. The van der Waals surface area contributed by atoms with Gasteiger partial charge in [-0.2, -0.15) is 0 Å². The first-order chi connectivity index (χ1) is 15.6. The summed E-state index contributed by atoms with van der Waals surface area (Å²) in [5.41, 5.74) is 2.91. The Morgan fingerprint density at radius 2 is 1.56 bits per heavy atom. The van der Waals surface area contributed by atoms with Gasteiger partial charge in [0.2, 0.25) is 0 Å². The predicted octanol–water partition coefficient (Wildman–Crippen LogP) is 5.46. The van der Waals surface area contributed by atoms with Gasteiger partial charge in [-0.25, -0.2) is 0 Å². The average molecular weight is 459 g/mol. The monoisotopic (exact) mass is 458 g/mol. The molecule has 0 amide bonds. The first kappa shape index (κ1) is 20.4. The number of hydrogen-bond acceptors (Lipinski definition) is 5. The molecule has 7 heteroatoms. The van der Waals surface area contributed by atoms with E-state index in [1.807, 2.05) is 83.3 Å². The van der Waals surface area contributed by atoms with Gasteiger partial charge in [0.05, 0.1) is 15.8 Å². The number of benzene rings is 3. The molecule has 0 spiro atoms. The molecule has 0 radical (unpaired) electrons. The van der Waals surface area contributed by atoms with Gasteiger partial charge in [-0.05, 0) is 35.5 Å². The summed E-state index contributed by atoms with van der Waals surface area (Å²) in [6.45, 7) is -0.0505. The number of nitrogens with zero attached hydrogens (tertiary/aromatic N) is 2. The van der Waals surface area contributed by atoms with Crippen molar-refractivity contribution in [3.63, 3.8) is 0 Å². The molecule has 0 atom stereocenters. The molecule has 0 saturated carbocycles. The Balaban J connectivity index is 1.66. The van der Waals surface area contributed by atoms with Gasteiger partial charge >= 0.3 is 5.97 Å². The average Bonchev–Trinajstić information content (AvgIpc) is 3.19. The molecule has 5 aromatic rings. The standard InChI is InChI=1S/C25H18N2O3S2/c28-21(30-16-17-9-3-1-4-10-17)15-26-23-22(18-11-5-2-6-12-18)32-25(31)27(23)20-14-8-7-13-19(20)24(26)29/h1-14H,15-16H2. The van der Waals surface area contributed by atoms with E-state index in [2.05, 4.69) is 0 Å². The molecule has 0 N–H and O–H groups in total. The van der Waals surface area contributed by atoms with Gasteiger partial charge in [-0.3, -0.25) is 18.6 Å². The zero-order valence-corrected chi connectivity index (χ0v) is 18.6. The number of hydrogen-bond donors (Lipinski definition) is 0. The Bertz CT molecular complexity index is 1550. The van der Waals surface area contributed by atoms with Gasteiger partial charge in [0.15, 0.2) is 3.95 Å². The third kappa shape index (κ3) is 3.66. The minimum Gasteiger partial charge on any atom is -0.459 e. The normalized spacial score (nSPS) is 11.1. The number of fused-ring (bicyclic) bond motifs is 3. The number of esters is 1. The summed E-state index contributed by atoms with van der Waals surface area (Å²) in [5, 5.41) is 0.504. The smallest absolute Gasteiger partial charge is 0.326 e. The molecule has 32 heavy (non-hydrogen) atoms. The Labute approximate surface area is 192 Å². The van der Waals surface area contributed by atoms with Crippen molar-refractivity contribution >= 4 is 46.1 Å². The maximum atomic E-state index is 13.5. The summed E-state index contributed by atoms with van der Waals surface area (Å²) in [6, 6.07) is 26.5. The van der Waals surface area contributed by atoms with Crippen LogP contribution in [0.25, 0.3) is 27.0 Å². The summed E-state index contributed by atoms with van der Waals surface area (Å²) in [5.74, 6) is -0.482. The fraction of sp³-hybridized carbons (Fsp3) is 0.0800. The fourth-order valence-electron chi connectivity index (χ4n) is 3.75. The first-order valence-corrected chi connectivity index (χ1v) is 11.3. The third-order valence-electron chi connectivity index (χ3n) is 5.23. The van der Waals surface area contributed by atoms with Crippen molar-refractivity contribution in [2.75, 3.05) is 0 Å². The molecule has 0 fully saturated rings. The van der Waals surface area contributed by atoms with E-state index in [1.165, 1.54) is 15.9 Å². The number of ether oxygens (including phenoxy) is 1. The highest BCUT2D eigenvalue weighted by atomic mass is 32.1. The van der Waals surface area contributed by atoms with Crippen LogP contribution in [0.2, 0.25) is 0 Å². The van der Waals surface area contributed by atoms with Gasteiger partial charge in [0, 0.05) is 0 Å². The van der Waals surface area contributed by atoms with E-state index in [0.717, 1.165) is 21.5 Å². The fourth-order valence-corrected chi connectivity index (χ4v) is 5.18. The zero-order chi connectivity index (χ0) is 22.1. The lowest BCUT2D eigenvalue weighted by atomic mass is 10.2. The van der Waals surface area contributed by atoms with E-state index in [9.17, 15) is 9.59 Å². The molecule has 5 nitrogen and oxygen atoms in total. The highest BCUT2D eigenvalue weighted by molar-refractivity contribution is 7.73. The SMILES string of the molecule is O=C(Cn1c(=O)c2ccccc2n2c(=S)sc(-c3ccccc3)c12)OCc1ccccc1. The Morgan fingerprint density at radius 3 is 2.31 bits per heavy atom. The lowest BCUT2D eigenvalue weighted by Gasteiger charge is -2.13. The van der Waals surface area contributed by atoms with E-state index in [1.54, 1.807) is 6.07 Å². The second-order valence-electron chi connectivity index (χ2n) is 7.28. The molecule has 2 aromatic heterocycles. The first-order valence-electron chi connectivity index (χ1n) is 10.1. The minimum atomic E-state index is -0.482. The van der Waals surface area contributed by atoms with Crippen LogP contribution in [0.4, 0.5) is 0 Å². The van der Waals surface area contributed by atoms with Crippen molar-refractivity contribution in [2.24, 2.45) is 0 Å². The summed E-state index contributed by atoms with van der Waals surface area (Å²) in [4.78, 5) is 27.1. The molecule has 158 valence electrons. The lowest BCUT2D eigenvalue weighted by Crippen LogP contribution is -2.27. The van der Waals surface area contributed by atoms with Crippen LogP contribution in [0.1, 0.15) is 5.56 Å². The van der Waals surface area contributed by atoms with Gasteiger partial charge < -0.3 is 4.74 Å². The third-order valence-corrected chi connectivity index (χ3v) is 6.64. The van der Waals surface area contributed by atoms with Crippen molar-refractivity contribution in [3.8, 4) is 10.4 Å². The second-order valence-corrected chi connectivity index (χ2v) is 8.92. The molecule has 0 unspecified atom stereocenters. The van der Waals surface area contributed by atoms with Gasteiger partial charge in [-0.15, -0.1) is 11.3 Å². The van der Waals surface area contributed by atoms with Crippen LogP contribution in [-0.4, -0.2) is 14.9 Å². The number of thiazole rings is 1. The topological polar surface area (TPSA) is 52.7 Å². The molecular formula is C25H18N2O3S2. The molecule has 3 aromatic carbocycles. The molecular weight excluding hydrogens is 440 g/mol. The quantitative estimate of drug-likeness (QED) is 0.259. The van der Waals surface area contributed by atoms with Gasteiger partial charge in [-0.1, -0.05) is 72.8 Å². The Morgan fingerprint density at radius 1 is 0.906 bits per heavy atom. The highest BCUT2D eigenvalue weighted by Gasteiger charge is 2.20. The number of carbonyl (C=O) groups excluding carboxylic acids is 1. The van der Waals surface area contributed by atoms with E-state index >= 15 is 0 Å². The number of carbonyl (C=O) groups is 1. The van der Waals surface area contributed by atoms with Gasteiger partial charge in [0.1, 0.15) is 18.8 Å². The van der Waals surface area contributed by atoms with E-state index < -0.39 is 5.97 Å². The largest absolute Gasteiger partial charge is 0.459 e. The summed E-state index contributed by atoms with van der Waals surface area (Å²) in [6.07, 6.45) is 0. The number of rotatable bonds is 5. The molecule has 0 bridgehead atoms. The van der Waals surface area contributed by atoms with Crippen LogP contribution in [0.3, 0.4) is 0 Å². The highest BCUT2D eigenvalue weighted by Crippen LogP contribution is 2.33. The summed E-state index contributed by atoms with van der Waals surface area (Å²) >= 11 is 7.11. The van der Waals surface area contributed by atoms with Crippen LogP contribution >= 0.6 is 23.6 Å². The second kappa shape index (κ2) is 8.53. The Hall–Kier alpha value is -3.55. The van der Waals surface area contributed by atoms with Crippen LogP contribution in [0.15, 0.2) is 89.7 Å². The maximum absolute atomic E-state index is 13.5. The molecule has 5 rings (SSSR count). The lowest BCUT2D eigenvalue weighted by molar-refractivity contribution is -0.145. The maximum Gasteiger partial charge on any atom is 0.326 e. The van der Waals surface area contributed by atoms with Crippen LogP contribution in [0.5, 0.6) is 0 Å². The van der Waals surface area contributed by atoms with Gasteiger partial charge in [0.25, 0.3) is 5.56 Å². The van der Waals surface area contributed by atoms with Crippen molar-refractivity contribution in [1.82, 2.24) is 8.97 Å². The van der Waals surface area contributed by atoms with Crippen molar-refractivity contribution in [2.45, 2.75) is 13.2 Å². The zero-order valence-electron chi connectivity index (χ0n) is 16.9. The molecule has 0 aliphatic rings. The van der Waals surface area contributed by atoms with Crippen LogP contribution < -0.4 is 5.56 Å². The van der Waals surface area contributed by atoms with Crippen molar-refractivity contribution in [3.05, 3.63) is 105 Å². The molecule has 2 heterocycles. The predicted molar refractivity (Wildman–Crippen MR) is 130 cm³/mol. The number of aromatic nitrogens is 2.